The van der Waals surface area contributed by atoms with E-state index in [0.717, 1.165) is 0 Å². The maximum atomic E-state index is 12.5. The zero-order valence-corrected chi connectivity index (χ0v) is 34.8. The molecule has 23 atom stereocenters. The first-order chi connectivity index (χ1) is 30.0. The Bertz CT molecular complexity index is 1490. The summed E-state index contributed by atoms with van der Waals surface area (Å²) in [7, 11) is 0. The second kappa shape index (κ2) is 21.6. The average molecular weight is 911 g/mol. The van der Waals surface area contributed by atoms with E-state index >= 15 is 0 Å². The average Bonchev–Trinajstić information content (AvgIpc) is 3.25. The molecule has 4 heterocycles. The van der Waals surface area contributed by atoms with Gasteiger partial charge in [-0.1, -0.05) is 6.08 Å². The molecule has 7 rings (SSSR count). The van der Waals surface area contributed by atoms with Crippen LogP contribution < -0.4 is 0 Å². The topological polar surface area (TPSA) is 354 Å². The van der Waals surface area contributed by atoms with Crippen molar-refractivity contribution in [3.05, 3.63) is 12.2 Å². The molecule has 0 aromatic heterocycles. The maximum absolute atomic E-state index is 12.5. The molecular weight excluding hydrogens is 844 g/mol. The van der Waals surface area contributed by atoms with Gasteiger partial charge in [-0.25, -0.2) is 4.79 Å². The van der Waals surface area contributed by atoms with E-state index in [2.05, 4.69) is 0 Å². The van der Waals surface area contributed by atoms with Gasteiger partial charge in [-0.3, -0.25) is 0 Å². The molecule has 0 amide bonds. The summed E-state index contributed by atoms with van der Waals surface area (Å²) in [6, 6.07) is 0. The lowest BCUT2D eigenvalue weighted by Gasteiger charge is -2.51. The van der Waals surface area contributed by atoms with Crippen LogP contribution in [0.15, 0.2) is 12.2 Å². The molecule has 0 bridgehead atoms. The summed E-state index contributed by atoms with van der Waals surface area (Å²) in [5.41, 5.74) is 0. The van der Waals surface area contributed by atoms with Crippen LogP contribution in [0.1, 0.15) is 64.2 Å². The van der Waals surface area contributed by atoms with Crippen molar-refractivity contribution in [2.75, 3.05) is 19.8 Å². The fourth-order valence-electron chi connectivity index (χ4n) is 10.0. The van der Waals surface area contributed by atoms with Crippen molar-refractivity contribution >= 4 is 5.97 Å². The van der Waals surface area contributed by atoms with E-state index in [4.69, 9.17) is 37.9 Å². The van der Waals surface area contributed by atoms with Crippen LogP contribution in [-0.4, -0.2) is 227 Å². The molecule has 4 saturated heterocycles. The Balaban J connectivity index is 1.06. The molecule has 7 fully saturated rings. The van der Waals surface area contributed by atoms with Crippen LogP contribution in [0.3, 0.4) is 0 Å². The van der Waals surface area contributed by atoms with Crippen LogP contribution in [0.25, 0.3) is 0 Å². The number of allylic oxidation sites excluding steroid dienone is 1. The third kappa shape index (κ3) is 11.6. The van der Waals surface area contributed by atoms with Gasteiger partial charge >= 0.3 is 5.97 Å². The SMILES string of the molecule is O=C(C=CC1CCC(O)CC1)OCC1OC(OCC2OC(OC3CC4C(O)CC(O)CC4OC3C3CCC(O)C(O)C3)C(OC3OCC(O)C(O)C3O)C(O)C2O)C(O)C(O)C1O. The lowest BCUT2D eigenvalue weighted by atomic mass is 9.72. The van der Waals surface area contributed by atoms with E-state index in [9.17, 15) is 71.2 Å². The first kappa shape index (κ1) is 49.3. The number of rotatable bonds is 12. The van der Waals surface area contributed by atoms with Gasteiger partial charge in [0.2, 0.25) is 0 Å². The van der Waals surface area contributed by atoms with Crippen LogP contribution in [0.5, 0.6) is 0 Å². The van der Waals surface area contributed by atoms with Crippen molar-refractivity contribution in [1.82, 2.24) is 0 Å². The predicted molar refractivity (Wildman–Crippen MR) is 206 cm³/mol. The number of hydrogen-bond donors (Lipinski definition) is 13. The van der Waals surface area contributed by atoms with Crippen molar-refractivity contribution in [3.8, 4) is 0 Å². The van der Waals surface area contributed by atoms with Crippen LogP contribution in [-0.2, 0) is 42.7 Å². The Kier molecular flexibility index (Phi) is 16.9. The molecule has 0 aromatic carbocycles. The lowest BCUT2D eigenvalue weighted by molar-refractivity contribution is -0.376. The van der Waals surface area contributed by atoms with Gasteiger partial charge in [0.1, 0.15) is 73.8 Å². The van der Waals surface area contributed by atoms with Gasteiger partial charge in [-0.15, -0.1) is 0 Å². The fraction of sp³-hybridized carbons (Fsp3) is 0.927. The van der Waals surface area contributed by atoms with E-state index in [-0.39, 0.29) is 44.1 Å². The summed E-state index contributed by atoms with van der Waals surface area (Å²) in [5.74, 6) is -1.61. The van der Waals surface area contributed by atoms with Gasteiger partial charge in [0.05, 0.1) is 62.0 Å². The monoisotopic (exact) mass is 910 g/mol. The third-order valence-electron chi connectivity index (χ3n) is 13.9. The van der Waals surface area contributed by atoms with E-state index in [1.54, 1.807) is 6.08 Å². The van der Waals surface area contributed by atoms with E-state index in [0.29, 0.717) is 32.1 Å². The molecule has 7 aliphatic rings. The Morgan fingerprint density at radius 1 is 0.556 bits per heavy atom. The summed E-state index contributed by atoms with van der Waals surface area (Å²) < 4.78 is 47.4. The predicted octanol–water partition coefficient (Wildman–Crippen LogP) is -5.07. The van der Waals surface area contributed by atoms with Gasteiger partial charge < -0.3 is 104 Å². The van der Waals surface area contributed by atoms with Gasteiger partial charge in [0.25, 0.3) is 0 Å². The van der Waals surface area contributed by atoms with Gasteiger partial charge in [0, 0.05) is 12.0 Å². The Hall–Kier alpha value is -1.59. The van der Waals surface area contributed by atoms with Crippen LogP contribution in [0.2, 0.25) is 0 Å². The van der Waals surface area contributed by atoms with Gasteiger partial charge in [-0.2, -0.15) is 0 Å². The first-order valence-corrected chi connectivity index (χ1v) is 22.2. The minimum absolute atomic E-state index is 0.0747. The van der Waals surface area contributed by atoms with E-state index in [1.165, 1.54) is 6.08 Å². The van der Waals surface area contributed by atoms with Crippen molar-refractivity contribution in [3.63, 3.8) is 0 Å². The number of hydrogen-bond acceptors (Lipinski definition) is 22. The molecule has 3 aliphatic carbocycles. The molecule has 0 spiro atoms. The number of aliphatic hydroxyl groups is 13. The number of ether oxygens (including phenoxy) is 8. The minimum atomic E-state index is -1.90. The number of carbonyl (C=O) groups excluding carboxylic acids is 1. The zero-order valence-electron chi connectivity index (χ0n) is 34.8. The second-order valence-electron chi connectivity index (χ2n) is 18.4. The van der Waals surface area contributed by atoms with Gasteiger partial charge in [-0.05, 0) is 76.0 Å². The zero-order chi connectivity index (χ0) is 45.3. The summed E-state index contributed by atoms with van der Waals surface area (Å²) in [5, 5.41) is 139. The van der Waals surface area contributed by atoms with Crippen LogP contribution in [0.4, 0.5) is 0 Å². The summed E-state index contributed by atoms with van der Waals surface area (Å²) in [4.78, 5) is 12.5. The van der Waals surface area contributed by atoms with Crippen molar-refractivity contribution in [2.24, 2.45) is 17.8 Å². The highest BCUT2D eigenvalue weighted by Crippen LogP contribution is 2.44. The molecule has 22 heteroatoms. The molecule has 362 valence electrons. The maximum Gasteiger partial charge on any atom is 0.330 e. The Labute approximate surface area is 363 Å². The van der Waals surface area contributed by atoms with Gasteiger partial charge in [0.15, 0.2) is 18.9 Å². The number of fused-ring (bicyclic) bond motifs is 1. The number of esters is 1. The van der Waals surface area contributed by atoms with Crippen molar-refractivity contribution in [1.29, 1.82) is 0 Å². The smallest absolute Gasteiger partial charge is 0.330 e. The largest absolute Gasteiger partial charge is 0.460 e. The van der Waals surface area contributed by atoms with Crippen molar-refractivity contribution in [2.45, 2.75) is 199 Å². The number of carbonyl (C=O) groups is 1. The molecule has 0 radical (unpaired) electrons. The molecule has 13 N–H and O–H groups in total. The minimum Gasteiger partial charge on any atom is -0.460 e. The lowest BCUT2D eigenvalue weighted by Crippen LogP contribution is -2.65. The number of aliphatic hydroxyl groups excluding tert-OH is 13. The third-order valence-corrected chi connectivity index (χ3v) is 13.9. The van der Waals surface area contributed by atoms with Crippen LogP contribution >= 0.6 is 0 Å². The second-order valence-corrected chi connectivity index (χ2v) is 18.4. The Morgan fingerprint density at radius 2 is 1.24 bits per heavy atom. The van der Waals surface area contributed by atoms with E-state index < -0.39 is 166 Å². The summed E-state index contributed by atoms with van der Waals surface area (Å²) in [6.07, 6.45) is -23.7. The highest BCUT2D eigenvalue weighted by molar-refractivity contribution is 5.81. The fourth-order valence-corrected chi connectivity index (χ4v) is 10.0. The van der Waals surface area contributed by atoms with Crippen molar-refractivity contribution < 1.29 is 109 Å². The molecular formula is C41H66O22. The van der Waals surface area contributed by atoms with E-state index in [1.807, 2.05) is 0 Å². The molecule has 3 saturated carbocycles. The molecule has 23 unspecified atom stereocenters. The molecule has 63 heavy (non-hydrogen) atoms. The first-order valence-electron chi connectivity index (χ1n) is 22.2. The Morgan fingerprint density at radius 3 is 1.97 bits per heavy atom. The molecule has 0 aromatic rings. The normalized spacial score (nSPS) is 51.1. The highest BCUT2D eigenvalue weighted by atomic mass is 16.8. The quantitative estimate of drug-likeness (QED) is 0.0644. The van der Waals surface area contributed by atoms with Crippen LogP contribution in [0, 0.1) is 17.8 Å². The highest BCUT2D eigenvalue weighted by Gasteiger charge is 2.55. The standard InChI is InChI=1S/C41H66O22/c42-18-5-1-16(2-6-18)3-8-29(48)56-14-27-31(50)33(52)36(55)39(61-27)58-15-28-32(51)34(53)38(63-40-35(54)30(49)24(47)13-57-40)41(62-28)60-26-12-20-22(45)10-19(43)11-25(20)59-37(26)17-4-7-21(44)23(46)9-17/h3,8,16-28,30-47,49-55H,1-2,4-7,9-15H2. The summed E-state index contributed by atoms with van der Waals surface area (Å²) in [6.45, 7) is -1.68. The summed E-state index contributed by atoms with van der Waals surface area (Å²) >= 11 is 0. The molecule has 4 aliphatic heterocycles. The molecule has 22 nitrogen and oxygen atoms in total.